The summed E-state index contributed by atoms with van der Waals surface area (Å²) in [7, 11) is 0. The summed E-state index contributed by atoms with van der Waals surface area (Å²) in [4.78, 5) is 7.22. The van der Waals surface area contributed by atoms with Crippen LogP contribution < -0.4 is 4.90 Å². The van der Waals surface area contributed by atoms with E-state index in [9.17, 15) is 5.11 Å². The molecule has 2 aromatic heterocycles. The molecule has 0 amide bonds. The second kappa shape index (κ2) is 7.06. The van der Waals surface area contributed by atoms with E-state index in [0.29, 0.717) is 6.04 Å². The number of hydrogen-bond acceptors (Lipinski definition) is 3. The number of aromatic nitrogens is 2. The first-order valence-electron chi connectivity index (χ1n) is 8.66. The van der Waals surface area contributed by atoms with Gasteiger partial charge in [-0.25, -0.2) is 4.98 Å². The fraction of sp³-hybridized carbons (Fsp3) is 0.350. The normalized spacial score (nSPS) is 16.6. The van der Waals surface area contributed by atoms with Gasteiger partial charge < -0.3 is 10.0 Å². The summed E-state index contributed by atoms with van der Waals surface area (Å²) in [5.41, 5.74) is 6.76. The first kappa shape index (κ1) is 17.8. The van der Waals surface area contributed by atoms with Gasteiger partial charge in [-0.15, -0.1) is 12.4 Å². The fourth-order valence-electron chi connectivity index (χ4n) is 4.01. The van der Waals surface area contributed by atoms with E-state index in [4.69, 9.17) is 4.98 Å². The highest BCUT2D eigenvalue weighted by Gasteiger charge is 2.28. The van der Waals surface area contributed by atoms with Gasteiger partial charge in [0.1, 0.15) is 0 Å². The maximum absolute atomic E-state index is 9.66. The highest BCUT2D eigenvalue weighted by molar-refractivity contribution is 5.85. The Morgan fingerprint density at radius 3 is 2.76 bits per heavy atom. The summed E-state index contributed by atoms with van der Waals surface area (Å²) in [6, 6.07) is 13.3. The van der Waals surface area contributed by atoms with Crippen LogP contribution in [-0.2, 0) is 13.0 Å². The van der Waals surface area contributed by atoms with Gasteiger partial charge in [0.25, 0.3) is 0 Å². The minimum absolute atomic E-state index is 0. The van der Waals surface area contributed by atoms with Crippen LogP contribution in [0.1, 0.15) is 41.9 Å². The van der Waals surface area contributed by atoms with Gasteiger partial charge in [-0.2, -0.15) is 0 Å². The topological polar surface area (TPSA) is 40.8 Å². The second-order valence-corrected chi connectivity index (χ2v) is 6.46. The molecule has 1 aromatic carbocycles. The third kappa shape index (κ3) is 2.79. The Balaban J connectivity index is 0.00000182. The zero-order valence-corrected chi connectivity index (χ0v) is 15.5. The number of anilines is 1. The van der Waals surface area contributed by atoms with Crippen molar-refractivity contribution >= 4 is 23.7 Å². The number of benzene rings is 1. The standard InChI is InChI=1S/C20H23N3O.ClH/c1-3-17-16-8-5-4-7-15(16)10-12-22(17)18-9-6-11-23-19(13-24)14(2)21-20(18)23;/h4-9,11,17,24H,3,10,12-13H2,1-2H3;1H. The number of nitrogens with zero attached hydrogens (tertiary/aromatic N) is 3. The van der Waals surface area contributed by atoms with Crippen LogP contribution in [0.3, 0.4) is 0 Å². The maximum atomic E-state index is 9.66. The van der Waals surface area contributed by atoms with Crippen molar-refractivity contribution in [2.75, 3.05) is 11.4 Å². The molecular weight excluding hydrogens is 334 g/mol. The molecule has 25 heavy (non-hydrogen) atoms. The number of hydrogen-bond donors (Lipinski definition) is 1. The van der Waals surface area contributed by atoms with Crippen molar-refractivity contribution in [3.63, 3.8) is 0 Å². The summed E-state index contributed by atoms with van der Waals surface area (Å²) >= 11 is 0. The van der Waals surface area contributed by atoms with Crippen molar-refractivity contribution in [1.82, 2.24) is 9.38 Å². The van der Waals surface area contributed by atoms with Gasteiger partial charge >= 0.3 is 0 Å². The highest BCUT2D eigenvalue weighted by Crippen LogP contribution is 2.37. The molecule has 3 aromatic rings. The zero-order chi connectivity index (χ0) is 16.7. The van der Waals surface area contributed by atoms with E-state index in [1.165, 1.54) is 11.1 Å². The predicted octanol–water partition coefficient (Wildman–Crippen LogP) is 4.07. The highest BCUT2D eigenvalue weighted by atomic mass is 35.5. The minimum atomic E-state index is 0. The quantitative estimate of drug-likeness (QED) is 0.768. The number of aryl methyl sites for hydroxylation is 1. The van der Waals surface area contributed by atoms with Crippen molar-refractivity contribution in [2.45, 2.75) is 39.3 Å². The van der Waals surface area contributed by atoms with Crippen LogP contribution >= 0.6 is 12.4 Å². The molecule has 0 bridgehead atoms. The molecule has 0 spiro atoms. The van der Waals surface area contributed by atoms with Crippen LogP contribution in [0.15, 0.2) is 42.6 Å². The Morgan fingerprint density at radius 1 is 1.20 bits per heavy atom. The molecule has 0 radical (unpaired) electrons. The van der Waals surface area contributed by atoms with Gasteiger partial charge in [0.15, 0.2) is 5.65 Å². The summed E-state index contributed by atoms with van der Waals surface area (Å²) in [5, 5.41) is 9.66. The van der Waals surface area contributed by atoms with Crippen molar-refractivity contribution in [3.8, 4) is 0 Å². The molecule has 0 saturated heterocycles. The molecule has 0 fully saturated rings. The van der Waals surface area contributed by atoms with Gasteiger partial charge in [-0.05, 0) is 43.0 Å². The molecular formula is C20H24ClN3O. The SMILES string of the molecule is CCC1c2ccccc2CCN1c1cccn2c(CO)c(C)nc12.Cl. The Hall–Kier alpha value is -2.04. The Bertz CT molecular complexity index is 890. The molecule has 4 nitrogen and oxygen atoms in total. The lowest BCUT2D eigenvalue weighted by molar-refractivity contribution is 0.275. The van der Waals surface area contributed by atoms with Gasteiger partial charge in [-0.3, -0.25) is 4.40 Å². The number of rotatable bonds is 3. The monoisotopic (exact) mass is 357 g/mol. The van der Waals surface area contributed by atoms with Crippen LogP contribution in [-0.4, -0.2) is 21.0 Å². The first-order valence-corrected chi connectivity index (χ1v) is 8.66. The van der Waals surface area contributed by atoms with Gasteiger partial charge in [0, 0.05) is 12.7 Å². The maximum Gasteiger partial charge on any atom is 0.161 e. The summed E-state index contributed by atoms with van der Waals surface area (Å²) in [6.45, 7) is 5.22. The Kier molecular flexibility index (Phi) is 5.02. The number of imidazole rings is 1. The first-order chi connectivity index (χ1) is 11.7. The largest absolute Gasteiger partial charge is 0.390 e. The minimum Gasteiger partial charge on any atom is -0.390 e. The zero-order valence-electron chi connectivity index (χ0n) is 14.6. The van der Waals surface area contributed by atoms with E-state index < -0.39 is 0 Å². The number of aliphatic hydroxyl groups excluding tert-OH is 1. The van der Waals surface area contributed by atoms with Gasteiger partial charge in [-0.1, -0.05) is 31.2 Å². The van der Waals surface area contributed by atoms with Crippen LogP contribution in [0.2, 0.25) is 0 Å². The molecule has 3 heterocycles. The van der Waals surface area contributed by atoms with E-state index in [1.807, 2.05) is 17.5 Å². The Morgan fingerprint density at radius 2 is 2.00 bits per heavy atom. The summed E-state index contributed by atoms with van der Waals surface area (Å²) in [6.07, 6.45) is 4.11. The van der Waals surface area contributed by atoms with Crippen LogP contribution in [0.25, 0.3) is 5.65 Å². The molecule has 1 aliphatic heterocycles. The molecule has 1 unspecified atom stereocenters. The van der Waals surface area contributed by atoms with Gasteiger partial charge in [0.2, 0.25) is 0 Å². The van der Waals surface area contributed by atoms with Crippen molar-refractivity contribution < 1.29 is 5.11 Å². The molecule has 0 aliphatic carbocycles. The fourth-order valence-corrected chi connectivity index (χ4v) is 4.01. The lowest BCUT2D eigenvalue weighted by Gasteiger charge is -2.38. The average molecular weight is 358 g/mol. The van der Waals surface area contributed by atoms with Crippen molar-refractivity contribution in [2.24, 2.45) is 0 Å². The number of halogens is 1. The lowest BCUT2D eigenvalue weighted by Crippen LogP contribution is -2.35. The van der Waals surface area contributed by atoms with Crippen LogP contribution in [0, 0.1) is 6.92 Å². The summed E-state index contributed by atoms with van der Waals surface area (Å²) < 4.78 is 2.03. The average Bonchev–Trinajstić information content (AvgIpc) is 2.95. The van der Waals surface area contributed by atoms with Crippen molar-refractivity contribution in [1.29, 1.82) is 0 Å². The summed E-state index contributed by atoms with van der Waals surface area (Å²) in [5.74, 6) is 0. The number of aliphatic hydroxyl groups is 1. The predicted molar refractivity (Wildman–Crippen MR) is 104 cm³/mol. The van der Waals surface area contributed by atoms with Crippen LogP contribution in [0.5, 0.6) is 0 Å². The third-order valence-corrected chi connectivity index (χ3v) is 5.19. The lowest BCUT2D eigenvalue weighted by atomic mass is 9.91. The molecule has 0 saturated carbocycles. The molecule has 4 rings (SSSR count). The second-order valence-electron chi connectivity index (χ2n) is 6.46. The van der Waals surface area contributed by atoms with E-state index in [2.05, 4.69) is 48.2 Å². The Labute approximate surface area is 154 Å². The molecule has 5 heteroatoms. The van der Waals surface area contributed by atoms with E-state index in [-0.39, 0.29) is 19.0 Å². The third-order valence-electron chi connectivity index (χ3n) is 5.19. The van der Waals surface area contributed by atoms with Crippen LogP contribution in [0.4, 0.5) is 5.69 Å². The van der Waals surface area contributed by atoms with E-state index in [1.54, 1.807) is 0 Å². The van der Waals surface area contributed by atoms with E-state index in [0.717, 1.165) is 42.1 Å². The number of fused-ring (bicyclic) bond motifs is 2. The van der Waals surface area contributed by atoms with Crippen molar-refractivity contribution in [3.05, 3.63) is 65.1 Å². The smallest absolute Gasteiger partial charge is 0.161 e. The van der Waals surface area contributed by atoms with Gasteiger partial charge in [0.05, 0.1) is 29.7 Å². The molecule has 1 atom stereocenters. The molecule has 132 valence electrons. The van der Waals surface area contributed by atoms with E-state index >= 15 is 0 Å². The number of pyridine rings is 1. The molecule has 1 aliphatic rings. The molecule has 1 N–H and O–H groups in total.